The molecule has 6 fully saturated rings. The van der Waals surface area contributed by atoms with Crippen LogP contribution in [-0.2, 0) is 40.9 Å². The van der Waals surface area contributed by atoms with Gasteiger partial charge in [0.2, 0.25) is 0 Å². The van der Waals surface area contributed by atoms with Crippen molar-refractivity contribution in [2.45, 2.75) is 170 Å². The van der Waals surface area contributed by atoms with Crippen molar-refractivity contribution in [3.8, 4) is 0 Å². The summed E-state index contributed by atoms with van der Waals surface area (Å²) in [5.74, 6) is 4.94. The molecule has 8 nitrogen and oxygen atoms in total. The molecule has 0 saturated heterocycles. The van der Waals surface area contributed by atoms with Crippen molar-refractivity contribution in [2.75, 3.05) is 0 Å². The van der Waals surface area contributed by atoms with E-state index in [1.54, 1.807) is 62.4 Å². The molecule has 14 atom stereocenters. The van der Waals surface area contributed by atoms with Crippen LogP contribution in [0.15, 0.2) is 84.0 Å². The van der Waals surface area contributed by atoms with E-state index < -0.39 is 0 Å². The summed E-state index contributed by atoms with van der Waals surface area (Å²) >= 11 is 0. The van der Waals surface area contributed by atoms with Crippen LogP contribution in [0, 0.1) is 81.8 Å². The molecule has 2 aromatic rings. The van der Waals surface area contributed by atoms with E-state index in [0.29, 0.717) is 34.5 Å². The van der Waals surface area contributed by atoms with Gasteiger partial charge in [0.25, 0.3) is 0 Å². The number of hydrogen-bond donors (Lipinski definition) is 0. The van der Waals surface area contributed by atoms with Crippen LogP contribution >= 0.6 is 0 Å². The van der Waals surface area contributed by atoms with Gasteiger partial charge in [-0.25, -0.2) is 0 Å². The van der Waals surface area contributed by atoms with E-state index in [2.05, 4.69) is 39.8 Å². The quantitative estimate of drug-likeness (QED) is 0.0834. The Morgan fingerprint density at radius 3 is 1.15 bits per heavy atom. The van der Waals surface area contributed by atoms with Crippen LogP contribution < -0.4 is 10.2 Å². The number of allylic oxidation sites excluding steroid dienone is 2. The van der Waals surface area contributed by atoms with Gasteiger partial charge in [0.15, 0.2) is 0 Å². The summed E-state index contributed by atoms with van der Waals surface area (Å²) in [6, 6.07) is 17.4. The number of rotatable bonds is 8. The Kier molecular flexibility index (Phi) is 18.5. The first-order valence-corrected chi connectivity index (χ1v) is 26.7. The SMILES string of the molecule is CC(=O)[C@H]1CCC2[C@@H]3CC=C4C[C@@H]([O-])CC[C@]4(C)C3CC[C@@]21C.CC(=O)[C@H]1CCC2[C@@H]3CC=C4C[C@@H]([O-])CC[C@]4(C)C3CC[C@@]21C.CC(=O)[CH-]C(=O)c1ccccc1.CC(=O)[CH-]C(=O)c1ccccc1.[Ti]. The van der Waals surface area contributed by atoms with Crippen molar-refractivity contribution in [1.29, 1.82) is 0 Å². The minimum Gasteiger partial charge on any atom is -0.852 e. The topological polar surface area (TPSA) is 149 Å². The molecule has 0 spiro atoms. The van der Waals surface area contributed by atoms with Gasteiger partial charge < -0.3 is 29.4 Å². The zero-order chi connectivity index (χ0) is 50.8. The fraction of sp³-hybridized carbons (Fsp3) is 0.613. The van der Waals surface area contributed by atoms with Gasteiger partial charge in [0, 0.05) is 45.1 Å². The molecular formula is C62H80O8Ti-4. The van der Waals surface area contributed by atoms with Gasteiger partial charge in [0.05, 0.1) is 11.6 Å². The van der Waals surface area contributed by atoms with Gasteiger partial charge >= 0.3 is 0 Å². The van der Waals surface area contributed by atoms with E-state index in [0.717, 1.165) is 113 Å². The average Bonchev–Trinajstić information content (AvgIpc) is 3.87. The van der Waals surface area contributed by atoms with Crippen LogP contribution in [0.3, 0.4) is 0 Å². The Bertz CT molecular complexity index is 2160. The van der Waals surface area contributed by atoms with Crippen molar-refractivity contribution < 1.29 is 60.7 Å². The Balaban J connectivity index is 0.000000162. The third-order valence-corrected chi connectivity index (χ3v) is 19.9. The van der Waals surface area contributed by atoms with Crippen molar-refractivity contribution in [2.24, 2.45) is 69.0 Å². The summed E-state index contributed by atoms with van der Waals surface area (Å²) in [7, 11) is 0. The number of fused-ring (bicyclic) bond motifs is 10. The van der Waals surface area contributed by atoms with Gasteiger partial charge in [-0.2, -0.15) is 0 Å². The molecular weight excluding hydrogens is 921 g/mol. The smallest absolute Gasteiger partial charge is 0.133 e. The van der Waals surface area contributed by atoms with Gasteiger partial charge in [-0.05, 0) is 175 Å². The number of benzene rings is 2. The molecule has 2 aromatic carbocycles. The minimum absolute atomic E-state index is 0. The number of ketones is 6. The van der Waals surface area contributed by atoms with Crippen LogP contribution in [-0.4, -0.2) is 46.9 Å². The predicted octanol–water partition coefficient (Wildman–Crippen LogP) is 11.1. The van der Waals surface area contributed by atoms with Crippen molar-refractivity contribution in [3.63, 3.8) is 0 Å². The molecule has 9 heteroatoms. The van der Waals surface area contributed by atoms with Crippen LogP contribution in [0.1, 0.15) is 179 Å². The minimum atomic E-state index is -0.367. The molecule has 10 rings (SSSR count). The largest absolute Gasteiger partial charge is 0.852 e. The Labute approximate surface area is 440 Å². The van der Waals surface area contributed by atoms with Crippen LogP contribution in [0.5, 0.6) is 0 Å². The molecule has 0 N–H and O–H groups in total. The van der Waals surface area contributed by atoms with Gasteiger partial charge in [0.1, 0.15) is 11.6 Å². The zero-order valence-corrected chi connectivity index (χ0v) is 45.5. The summed E-state index contributed by atoms with van der Waals surface area (Å²) in [5, 5.41) is 24.0. The molecule has 8 aliphatic rings. The molecule has 71 heavy (non-hydrogen) atoms. The van der Waals surface area contributed by atoms with Gasteiger partial charge in [-0.15, -0.1) is 60.4 Å². The number of carbonyl (C=O) groups excluding carboxylic acids is 6. The first kappa shape index (κ1) is 56.6. The Hall–Kier alpha value is -3.69. The molecule has 384 valence electrons. The second-order valence-corrected chi connectivity index (χ2v) is 23.8. The fourth-order valence-electron chi connectivity index (χ4n) is 16.3. The van der Waals surface area contributed by atoms with E-state index in [1.165, 1.54) is 63.5 Å². The van der Waals surface area contributed by atoms with E-state index in [4.69, 9.17) is 0 Å². The fourth-order valence-corrected chi connectivity index (χ4v) is 16.3. The zero-order valence-electron chi connectivity index (χ0n) is 43.9. The maximum Gasteiger partial charge on any atom is 0.133 e. The molecule has 0 amide bonds. The van der Waals surface area contributed by atoms with Crippen LogP contribution in [0.2, 0.25) is 0 Å². The van der Waals surface area contributed by atoms with Crippen LogP contribution in [0.25, 0.3) is 0 Å². The monoisotopic (exact) mass is 1000 g/mol. The maximum atomic E-state index is 12.1. The third-order valence-electron chi connectivity index (χ3n) is 19.9. The molecule has 0 aliphatic heterocycles. The van der Waals surface area contributed by atoms with E-state index >= 15 is 0 Å². The molecule has 4 unspecified atom stereocenters. The Morgan fingerprint density at radius 1 is 0.479 bits per heavy atom. The van der Waals surface area contributed by atoms with Crippen LogP contribution in [0.4, 0.5) is 0 Å². The molecule has 0 radical (unpaired) electrons. The number of Topliss-reactive ketones (excluding diaryl/α,β-unsaturated/α-hetero) is 6. The number of hydrogen-bond acceptors (Lipinski definition) is 8. The van der Waals surface area contributed by atoms with Crippen molar-refractivity contribution in [1.82, 2.24) is 0 Å². The van der Waals surface area contributed by atoms with Gasteiger partial charge in [-0.3, -0.25) is 9.59 Å². The van der Waals surface area contributed by atoms with Crippen molar-refractivity contribution in [3.05, 3.63) is 108 Å². The van der Waals surface area contributed by atoms with Crippen molar-refractivity contribution >= 4 is 34.7 Å². The summed E-state index contributed by atoms with van der Waals surface area (Å²) in [5.41, 5.74) is 5.10. The van der Waals surface area contributed by atoms with E-state index in [1.807, 2.05) is 12.1 Å². The second-order valence-electron chi connectivity index (χ2n) is 23.8. The predicted molar refractivity (Wildman–Crippen MR) is 271 cm³/mol. The summed E-state index contributed by atoms with van der Waals surface area (Å²) in [4.78, 5) is 67.8. The van der Waals surface area contributed by atoms with E-state index in [9.17, 15) is 39.0 Å². The average molecular weight is 1000 g/mol. The first-order chi connectivity index (χ1) is 33.1. The normalized spacial score (nSPS) is 36.9. The van der Waals surface area contributed by atoms with Gasteiger partial charge in [-0.1, -0.05) is 100 Å². The third kappa shape index (κ3) is 11.8. The molecule has 8 aliphatic carbocycles. The molecule has 6 saturated carbocycles. The molecule has 0 bridgehead atoms. The number of carbonyl (C=O) groups is 6. The molecule has 0 heterocycles. The first-order valence-electron chi connectivity index (χ1n) is 26.7. The summed E-state index contributed by atoms with van der Waals surface area (Å²) in [6.07, 6.45) is 23.8. The maximum absolute atomic E-state index is 12.1. The van der Waals surface area contributed by atoms with E-state index in [-0.39, 0.29) is 78.7 Å². The Morgan fingerprint density at radius 2 is 0.831 bits per heavy atom. The standard InChI is InChI=1S/2C21H31O2.2C10H9O2.Ti/c2*1-13(22)17-6-7-18-16-5-4-14-12-15(23)8-10-20(14,2)19(16)9-11-21(17,18)3;2*1-8(11)7-10(12)9-5-3-2-4-6-9;/h2*4,15-19H,5-12H2,1-3H3;2*2-7H,1H3;/q4*-1;/t2*15-,16-,17+,18?,19?,20-,21+;;;/m00.../s1. The molecule has 0 aromatic heterocycles. The summed E-state index contributed by atoms with van der Waals surface area (Å²) in [6.45, 7) is 16.0. The second kappa shape index (κ2) is 23.2. The summed E-state index contributed by atoms with van der Waals surface area (Å²) < 4.78 is 0.